The zero-order valence-electron chi connectivity index (χ0n) is 17.0. The minimum Gasteiger partial charge on any atom is -0.326 e. The lowest BCUT2D eigenvalue weighted by Gasteiger charge is -2.17. The first kappa shape index (κ1) is 19.0. The summed E-state index contributed by atoms with van der Waals surface area (Å²) in [4.78, 5) is 26.9. The normalized spacial score (nSPS) is 16.3. The Hall–Kier alpha value is -3.34. The molecular formula is C24H25N3O2. The van der Waals surface area contributed by atoms with Crippen molar-refractivity contribution in [2.45, 2.75) is 27.2 Å². The molecule has 148 valence electrons. The molecule has 5 heteroatoms. The number of carbonyl (C=O) groups is 2. The lowest BCUT2D eigenvalue weighted by atomic mass is 10.1. The van der Waals surface area contributed by atoms with Gasteiger partial charge in [0.15, 0.2) is 0 Å². The average Bonchev–Trinajstić information content (AvgIpc) is 3.25. The standard InChI is InChI=1S/C24H25N3O2/c1-16-5-4-6-22(13-16)26-15-19(14-23(26)28)24(29)25-20-9-11-21(12-10-20)27-17(2)7-8-18(27)3/h4-13,19H,14-15H2,1-3H3,(H,25,29)/t19-/m0/s1. The van der Waals surface area contributed by atoms with Crippen molar-refractivity contribution in [3.63, 3.8) is 0 Å². The van der Waals surface area contributed by atoms with Crippen LogP contribution in [0.15, 0.2) is 60.7 Å². The van der Waals surface area contributed by atoms with Gasteiger partial charge in [0.2, 0.25) is 11.8 Å². The molecule has 0 aliphatic carbocycles. The van der Waals surface area contributed by atoms with E-state index in [4.69, 9.17) is 0 Å². The van der Waals surface area contributed by atoms with E-state index in [1.807, 2.05) is 55.5 Å². The Morgan fingerprint density at radius 3 is 2.28 bits per heavy atom. The SMILES string of the molecule is Cc1cccc(N2C[C@@H](C(=O)Nc3ccc(-n4c(C)ccc4C)cc3)CC2=O)c1. The molecule has 1 aliphatic rings. The van der Waals surface area contributed by atoms with Gasteiger partial charge in [-0.15, -0.1) is 0 Å². The van der Waals surface area contributed by atoms with Crippen LogP contribution in [0, 0.1) is 26.7 Å². The van der Waals surface area contributed by atoms with Gasteiger partial charge in [0, 0.05) is 41.4 Å². The van der Waals surface area contributed by atoms with Crippen LogP contribution in [0.1, 0.15) is 23.4 Å². The second-order valence-electron chi connectivity index (χ2n) is 7.73. The maximum absolute atomic E-state index is 12.7. The van der Waals surface area contributed by atoms with Gasteiger partial charge in [-0.1, -0.05) is 12.1 Å². The fourth-order valence-corrected chi connectivity index (χ4v) is 3.94. The van der Waals surface area contributed by atoms with Crippen molar-refractivity contribution in [3.8, 4) is 5.69 Å². The largest absolute Gasteiger partial charge is 0.326 e. The molecule has 3 aromatic rings. The maximum Gasteiger partial charge on any atom is 0.229 e. The Morgan fingerprint density at radius 1 is 0.931 bits per heavy atom. The molecule has 1 saturated heterocycles. The number of hydrogen-bond acceptors (Lipinski definition) is 2. The summed E-state index contributed by atoms with van der Waals surface area (Å²) in [6.45, 7) is 6.54. The predicted molar refractivity (Wildman–Crippen MR) is 116 cm³/mol. The van der Waals surface area contributed by atoms with Crippen molar-refractivity contribution < 1.29 is 9.59 Å². The Morgan fingerprint density at radius 2 is 1.62 bits per heavy atom. The third kappa shape index (κ3) is 3.81. The van der Waals surface area contributed by atoms with Crippen molar-refractivity contribution in [1.82, 2.24) is 4.57 Å². The van der Waals surface area contributed by atoms with Gasteiger partial charge in [0.05, 0.1) is 5.92 Å². The maximum atomic E-state index is 12.7. The average molecular weight is 387 g/mol. The molecule has 0 bridgehead atoms. The quantitative estimate of drug-likeness (QED) is 0.722. The number of benzene rings is 2. The number of nitrogens with one attached hydrogen (secondary N) is 1. The topological polar surface area (TPSA) is 54.3 Å². The van der Waals surface area contributed by atoms with E-state index < -0.39 is 0 Å². The van der Waals surface area contributed by atoms with Crippen LogP contribution in [-0.2, 0) is 9.59 Å². The van der Waals surface area contributed by atoms with Gasteiger partial charge in [-0.3, -0.25) is 9.59 Å². The Balaban J connectivity index is 1.44. The van der Waals surface area contributed by atoms with Crippen LogP contribution in [0.4, 0.5) is 11.4 Å². The summed E-state index contributed by atoms with van der Waals surface area (Å²) in [6.07, 6.45) is 0.236. The summed E-state index contributed by atoms with van der Waals surface area (Å²) in [5.41, 5.74) is 6.08. The number of anilines is 2. The Kier molecular flexibility index (Phi) is 4.97. The van der Waals surface area contributed by atoms with E-state index in [1.54, 1.807) is 4.90 Å². The van der Waals surface area contributed by atoms with E-state index in [0.717, 1.165) is 22.6 Å². The number of amides is 2. The molecule has 5 nitrogen and oxygen atoms in total. The first-order chi connectivity index (χ1) is 13.9. The fourth-order valence-electron chi connectivity index (χ4n) is 3.94. The molecule has 1 fully saturated rings. The number of rotatable bonds is 4. The van der Waals surface area contributed by atoms with Crippen molar-refractivity contribution in [2.24, 2.45) is 5.92 Å². The molecule has 0 spiro atoms. The first-order valence-corrected chi connectivity index (χ1v) is 9.85. The van der Waals surface area contributed by atoms with Crippen LogP contribution in [0.2, 0.25) is 0 Å². The first-order valence-electron chi connectivity index (χ1n) is 9.85. The number of aromatic nitrogens is 1. The van der Waals surface area contributed by atoms with Gasteiger partial charge in [-0.25, -0.2) is 0 Å². The molecule has 2 heterocycles. The Labute approximate surface area is 171 Å². The lowest BCUT2D eigenvalue weighted by Crippen LogP contribution is -2.28. The number of nitrogens with zero attached hydrogens (tertiary/aromatic N) is 2. The highest BCUT2D eigenvalue weighted by Gasteiger charge is 2.35. The van der Waals surface area contributed by atoms with E-state index in [0.29, 0.717) is 6.54 Å². The van der Waals surface area contributed by atoms with Crippen molar-refractivity contribution in [1.29, 1.82) is 0 Å². The summed E-state index contributed by atoms with van der Waals surface area (Å²) >= 11 is 0. The molecule has 2 amide bonds. The van der Waals surface area contributed by atoms with Crippen LogP contribution < -0.4 is 10.2 Å². The smallest absolute Gasteiger partial charge is 0.229 e. The molecule has 1 atom stereocenters. The fraction of sp³-hybridized carbons (Fsp3) is 0.250. The summed E-state index contributed by atoms with van der Waals surface area (Å²) < 4.78 is 2.17. The monoisotopic (exact) mass is 387 g/mol. The molecular weight excluding hydrogens is 362 g/mol. The predicted octanol–water partition coefficient (Wildman–Crippen LogP) is 4.39. The lowest BCUT2D eigenvalue weighted by molar-refractivity contribution is -0.122. The molecule has 1 aliphatic heterocycles. The van der Waals surface area contributed by atoms with E-state index in [-0.39, 0.29) is 24.2 Å². The third-order valence-corrected chi connectivity index (χ3v) is 5.47. The van der Waals surface area contributed by atoms with Gasteiger partial charge in [-0.05, 0) is 74.9 Å². The van der Waals surface area contributed by atoms with Crippen LogP contribution >= 0.6 is 0 Å². The van der Waals surface area contributed by atoms with Gasteiger partial charge in [0.1, 0.15) is 0 Å². The minimum atomic E-state index is -0.350. The van der Waals surface area contributed by atoms with Crippen LogP contribution in [0.5, 0.6) is 0 Å². The summed E-state index contributed by atoms with van der Waals surface area (Å²) in [6, 6.07) is 19.8. The highest BCUT2D eigenvalue weighted by atomic mass is 16.2. The summed E-state index contributed by atoms with van der Waals surface area (Å²) in [5, 5.41) is 2.96. The number of carbonyl (C=O) groups excluding carboxylic acids is 2. The van der Waals surface area contributed by atoms with Crippen molar-refractivity contribution in [2.75, 3.05) is 16.8 Å². The van der Waals surface area contributed by atoms with Crippen molar-refractivity contribution >= 4 is 23.2 Å². The minimum absolute atomic E-state index is 0.00958. The molecule has 4 rings (SSSR count). The van der Waals surface area contributed by atoms with E-state index in [9.17, 15) is 9.59 Å². The second-order valence-corrected chi connectivity index (χ2v) is 7.73. The van der Waals surface area contributed by atoms with E-state index in [1.165, 1.54) is 11.4 Å². The summed E-state index contributed by atoms with van der Waals surface area (Å²) in [5.74, 6) is -0.476. The van der Waals surface area contributed by atoms with Crippen molar-refractivity contribution in [3.05, 3.63) is 77.6 Å². The molecule has 0 unspecified atom stereocenters. The highest BCUT2D eigenvalue weighted by Crippen LogP contribution is 2.27. The zero-order valence-corrected chi connectivity index (χ0v) is 17.0. The zero-order chi connectivity index (χ0) is 20.5. The van der Waals surface area contributed by atoms with Crippen LogP contribution in [0.3, 0.4) is 0 Å². The molecule has 2 aromatic carbocycles. The molecule has 1 N–H and O–H groups in total. The summed E-state index contributed by atoms with van der Waals surface area (Å²) in [7, 11) is 0. The molecule has 0 radical (unpaired) electrons. The molecule has 1 aromatic heterocycles. The van der Waals surface area contributed by atoms with E-state index >= 15 is 0 Å². The highest BCUT2D eigenvalue weighted by molar-refractivity contribution is 6.03. The number of hydrogen-bond donors (Lipinski definition) is 1. The molecule has 0 saturated carbocycles. The third-order valence-electron chi connectivity index (χ3n) is 5.47. The molecule has 29 heavy (non-hydrogen) atoms. The van der Waals surface area contributed by atoms with Gasteiger partial charge < -0.3 is 14.8 Å². The van der Waals surface area contributed by atoms with Crippen LogP contribution in [0.25, 0.3) is 5.69 Å². The van der Waals surface area contributed by atoms with E-state index in [2.05, 4.69) is 35.9 Å². The van der Waals surface area contributed by atoms with Gasteiger partial charge in [0.25, 0.3) is 0 Å². The van der Waals surface area contributed by atoms with Gasteiger partial charge >= 0.3 is 0 Å². The second kappa shape index (κ2) is 7.59. The van der Waals surface area contributed by atoms with Gasteiger partial charge in [-0.2, -0.15) is 0 Å². The van der Waals surface area contributed by atoms with Crippen LogP contribution in [-0.4, -0.2) is 22.9 Å². The Bertz CT molecular complexity index is 1050. The number of aryl methyl sites for hydroxylation is 3.